The maximum atomic E-state index is 10.2. The fraction of sp³-hybridized carbons (Fsp3) is 0.714. The van der Waals surface area contributed by atoms with Crippen LogP contribution in [-0.2, 0) is 4.79 Å². The Morgan fingerprint density at radius 1 is 1.56 bits per heavy atom. The molecule has 0 aromatic carbocycles. The van der Waals surface area contributed by atoms with Crippen LogP contribution in [0.1, 0.15) is 19.3 Å². The number of nitrogens with zero attached hydrogens (tertiary/aromatic N) is 1. The zero-order valence-corrected chi connectivity index (χ0v) is 5.68. The van der Waals surface area contributed by atoms with Crippen molar-refractivity contribution in [3.63, 3.8) is 0 Å². The number of likely N-dealkylation sites (tertiary alicyclic amines) is 1. The minimum absolute atomic E-state index is 0.834. The average molecular weight is 125 g/mol. The van der Waals surface area contributed by atoms with E-state index in [2.05, 4.69) is 0 Å². The van der Waals surface area contributed by atoms with Gasteiger partial charge in [-0.3, -0.25) is 0 Å². The minimum atomic E-state index is 0.834. The molecule has 2 heteroatoms. The van der Waals surface area contributed by atoms with Gasteiger partial charge < -0.3 is 4.90 Å². The predicted molar refractivity (Wildman–Crippen MR) is 35.7 cm³/mol. The molecule has 0 radical (unpaired) electrons. The molecule has 1 aliphatic heterocycles. The van der Waals surface area contributed by atoms with Crippen molar-refractivity contribution in [2.45, 2.75) is 19.3 Å². The van der Waals surface area contributed by atoms with Gasteiger partial charge in [0.2, 0.25) is 0 Å². The summed E-state index contributed by atoms with van der Waals surface area (Å²) in [6, 6.07) is 0. The molecule has 0 spiro atoms. The molecule has 0 unspecified atom stereocenters. The maximum absolute atomic E-state index is 10.2. The van der Waals surface area contributed by atoms with Gasteiger partial charge >= 0.3 is 0 Å². The van der Waals surface area contributed by atoms with E-state index < -0.39 is 0 Å². The number of carbonyl (C=O) groups excluding carboxylic acids is 1. The van der Waals surface area contributed by atoms with E-state index in [1.165, 1.54) is 6.42 Å². The van der Waals surface area contributed by atoms with Crippen LogP contribution in [0.2, 0.25) is 0 Å². The van der Waals surface area contributed by atoms with Gasteiger partial charge in [0.1, 0.15) is 5.94 Å². The molecule has 0 bridgehead atoms. The molecule has 1 fully saturated rings. The van der Waals surface area contributed by atoms with Gasteiger partial charge in [-0.15, -0.1) is 0 Å². The lowest BCUT2D eigenvalue weighted by molar-refractivity contribution is 0.347. The Balaban J connectivity index is 2.59. The second kappa shape index (κ2) is 2.70. The largest absolute Gasteiger partial charge is 0.369 e. The quantitative estimate of drug-likeness (QED) is 0.447. The molecule has 1 aliphatic rings. The second-order valence-corrected chi connectivity index (χ2v) is 2.43. The van der Waals surface area contributed by atoms with Crippen molar-refractivity contribution in [2.24, 2.45) is 0 Å². The molecule has 0 aromatic rings. The summed E-state index contributed by atoms with van der Waals surface area (Å²) in [6.07, 6.45) is 3.27. The van der Waals surface area contributed by atoms with Crippen LogP contribution < -0.4 is 0 Å². The van der Waals surface area contributed by atoms with Gasteiger partial charge in [0.25, 0.3) is 0 Å². The van der Waals surface area contributed by atoms with Gasteiger partial charge in [0.05, 0.1) is 5.70 Å². The smallest absolute Gasteiger partial charge is 0.145 e. The molecule has 0 atom stereocenters. The molecule has 2 nitrogen and oxygen atoms in total. The summed E-state index contributed by atoms with van der Waals surface area (Å²) < 4.78 is 0. The van der Waals surface area contributed by atoms with Crippen LogP contribution in [0.3, 0.4) is 0 Å². The van der Waals surface area contributed by atoms with Crippen molar-refractivity contribution in [1.82, 2.24) is 4.90 Å². The highest BCUT2D eigenvalue weighted by molar-refractivity contribution is 5.51. The first-order valence-corrected chi connectivity index (χ1v) is 3.29. The summed E-state index contributed by atoms with van der Waals surface area (Å²) in [6.45, 7) is 1.02. The van der Waals surface area contributed by atoms with Crippen molar-refractivity contribution in [3.05, 3.63) is 5.70 Å². The van der Waals surface area contributed by atoms with E-state index in [4.69, 9.17) is 0 Å². The molecule has 0 amide bonds. The molecule has 0 aliphatic carbocycles. The Hall–Kier alpha value is -0.750. The number of piperidine rings is 1. The van der Waals surface area contributed by atoms with Gasteiger partial charge in [-0.1, -0.05) is 0 Å². The first-order chi connectivity index (χ1) is 4.34. The molecular formula is C7H11NO. The first-order valence-electron chi connectivity index (χ1n) is 3.29. The molecule has 50 valence electrons. The SMILES string of the molecule is CN1CCCCC1=C=O. The summed E-state index contributed by atoms with van der Waals surface area (Å²) >= 11 is 0. The van der Waals surface area contributed by atoms with Crippen LogP contribution in [0.5, 0.6) is 0 Å². The van der Waals surface area contributed by atoms with Crippen LogP contribution in [0.15, 0.2) is 5.70 Å². The van der Waals surface area contributed by atoms with Crippen LogP contribution in [0.4, 0.5) is 0 Å². The topological polar surface area (TPSA) is 20.3 Å². The predicted octanol–water partition coefficient (Wildman–Crippen LogP) is 0.818. The summed E-state index contributed by atoms with van der Waals surface area (Å²) in [5, 5.41) is 0. The first kappa shape index (κ1) is 6.37. The van der Waals surface area contributed by atoms with E-state index in [0.29, 0.717) is 0 Å². The molecule has 0 saturated carbocycles. The monoisotopic (exact) mass is 125 g/mol. The third kappa shape index (κ3) is 1.33. The highest BCUT2D eigenvalue weighted by Crippen LogP contribution is 2.14. The van der Waals surface area contributed by atoms with E-state index in [1.54, 1.807) is 0 Å². The standard InChI is InChI=1S/C7H11NO/c1-8-5-3-2-4-7(8)6-9/h2-5H2,1H3. The molecule has 9 heavy (non-hydrogen) atoms. The average Bonchev–Trinajstić information content (AvgIpc) is 1.89. The Labute approximate surface area is 55.2 Å². The summed E-state index contributed by atoms with van der Waals surface area (Å²) in [5.41, 5.74) is 0.834. The number of rotatable bonds is 0. The number of hydrogen-bond donors (Lipinski definition) is 0. The summed E-state index contributed by atoms with van der Waals surface area (Å²) in [5.74, 6) is 1.95. The Kier molecular flexibility index (Phi) is 1.91. The van der Waals surface area contributed by atoms with Crippen molar-refractivity contribution in [1.29, 1.82) is 0 Å². The Morgan fingerprint density at radius 3 is 2.78 bits per heavy atom. The van der Waals surface area contributed by atoms with Crippen LogP contribution in [0, 0.1) is 0 Å². The maximum Gasteiger partial charge on any atom is 0.145 e. The second-order valence-electron chi connectivity index (χ2n) is 2.43. The van der Waals surface area contributed by atoms with E-state index in [9.17, 15) is 4.79 Å². The normalized spacial score (nSPS) is 19.7. The molecule has 1 rings (SSSR count). The minimum Gasteiger partial charge on any atom is -0.369 e. The zero-order valence-electron chi connectivity index (χ0n) is 5.68. The fourth-order valence-corrected chi connectivity index (χ4v) is 1.10. The molecule has 0 N–H and O–H groups in total. The third-order valence-electron chi connectivity index (χ3n) is 1.74. The van der Waals surface area contributed by atoms with Gasteiger partial charge in [0, 0.05) is 13.6 Å². The van der Waals surface area contributed by atoms with Gasteiger partial charge in [-0.25, -0.2) is 4.79 Å². The summed E-state index contributed by atoms with van der Waals surface area (Å²) in [4.78, 5) is 12.1. The molecule has 0 aromatic heterocycles. The van der Waals surface area contributed by atoms with Crippen molar-refractivity contribution < 1.29 is 4.79 Å². The van der Waals surface area contributed by atoms with Crippen molar-refractivity contribution >= 4 is 5.94 Å². The van der Waals surface area contributed by atoms with Crippen LogP contribution >= 0.6 is 0 Å². The van der Waals surface area contributed by atoms with Crippen LogP contribution in [-0.4, -0.2) is 24.4 Å². The van der Waals surface area contributed by atoms with Gasteiger partial charge in [0.15, 0.2) is 0 Å². The summed E-state index contributed by atoms with van der Waals surface area (Å²) in [7, 11) is 1.94. The highest BCUT2D eigenvalue weighted by Gasteiger charge is 2.10. The van der Waals surface area contributed by atoms with E-state index in [0.717, 1.165) is 25.1 Å². The lowest BCUT2D eigenvalue weighted by Gasteiger charge is -2.23. The third-order valence-corrected chi connectivity index (χ3v) is 1.74. The Morgan fingerprint density at radius 2 is 2.33 bits per heavy atom. The number of hydrogen-bond acceptors (Lipinski definition) is 2. The van der Waals surface area contributed by atoms with E-state index in [-0.39, 0.29) is 0 Å². The fourth-order valence-electron chi connectivity index (χ4n) is 1.10. The zero-order chi connectivity index (χ0) is 6.69. The lowest BCUT2D eigenvalue weighted by atomic mass is 10.1. The van der Waals surface area contributed by atoms with Crippen LogP contribution in [0.25, 0.3) is 0 Å². The van der Waals surface area contributed by atoms with Gasteiger partial charge in [-0.05, 0) is 19.3 Å². The van der Waals surface area contributed by atoms with E-state index in [1.807, 2.05) is 17.9 Å². The van der Waals surface area contributed by atoms with Gasteiger partial charge in [-0.2, -0.15) is 0 Å². The van der Waals surface area contributed by atoms with E-state index >= 15 is 0 Å². The van der Waals surface area contributed by atoms with Crippen molar-refractivity contribution in [3.8, 4) is 0 Å². The number of allylic oxidation sites excluding steroid dienone is 1. The molecular weight excluding hydrogens is 114 g/mol. The molecule has 1 saturated heterocycles. The Bertz CT molecular complexity index is 147. The lowest BCUT2D eigenvalue weighted by Crippen LogP contribution is -2.23. The van der Waals surface area contributed by atoms with Crippen molar-refractivity contribution in [2.75, 3.05) is 13.6 Å². The highest BCUT2D eigenvalue weighted by atomic mass is 16.1. The molecule has 1 heterocycles.